The molecular formula is C22H27N3O4. The van der Waals surface area contributed by atoms with E-state index in [0.29, 0.717) is 22.6 Å². The Morgan fingerprint density at radius 1 is 1.28 bits per heavy atom. The predicted octanol–water partition coefficient (Wildman–Crippen LogP) is 2.30. The quantitative estimate of drug-likeness (QED) is 0.808. The fourth-order valence-corrected chi connectivity index (χ4v) is 3.50. The maximum absolute atomic E-state index is 12.8. The number of anilines is 1. The Labute approximate surface area is 170 Å². The second-order valence-electron chi connectivity index (χ2n) is 7.61. The third-order valence-corrected chi connectivity index (χ3v) is 5.20. The van der Waals surface area contributed by atoms with E-state index in [2.05, 4.69) is 10.6 Å². The van der Waals surface area contributed by atoms with E-state index >= 15 is 0 Å². The van der Waals surface area contributed by atoms with Gasteiger partial charge in [-0.2, -0.15) is 0 Å². The number of likely N-dealkylation sites (N-methyl/N-ethyl adjacent to an activating group) is 1. The third kappa shape index (κ3) is 4.92. The second kappa shape index (κ2) is 9.05. The lowest BCUT2D eigenvalue weighted by molar-refractivity contribution is -0.127. The minimum atomic E-state index is -0.634. The lowest BCUT2D eigenvalue weighted by atomic mass is 9.95. The molecule has 7 heteroatoms. The molecule has 0 radical (unpaired) electrons. The number of hydrogen-bond acceptors (Lipinski definition) is 5. The van der Waals surface area contributed by atoms with Crippen molar-refractivity contribution in [2.75, 3.05) is 32.5 Å². The molecule has 2 aromatic rings. The molecule has 2 heterocycles. The number of carbonyl (C=O) groups is 2. The van der Waals surface area contributed by atoms with E-state index in [-0.39, 0.29) is 23.8 Å². The summed E-state index contributed by atoms with van der Waals surface area (Å²) in [4.78, 5) is 39.0. The van der Waals surface area contributed by atoms with Gasteiger partial charge in [0.1, 0.15) is 11.3 Å². The SMILES string of the molecule is Cc1cc(C2CCCNC2)oc(=O)c1C(=O)Nc1ccccc1CC(=O)N(C)C. The third-order valence-electron chi connectivity index (χ3n) is 5.20. The normalized spacial score (nSPS) is 16.3. The monoisotopic (exact) mass is 397 g/mol. The van der Waals surface area contributed by atoms with Gasteiger partial charge in [0.05, 0.1) is 6.42 Å². The van der Waals surface area contributed by atoms with Gasteiger partial charge in [-0.3, -0.25) is 9.59 Å². The molecule has 1 aliphatic rings. The summed E-state index contributed by atoms with van der Waals surface area (Å²) in [7, 11) is 3.36. The Kier molecular flexibility index (Phi) is 6.49. The Morgan fingerprint density at radius 3 is 2.69 bits per heavy atom. The number of nitrogens with zero attached hydrogens (tertiary/aromatic N) is 1. The first kappa shape index (κ1) is 20.8. The molecule has 0 spiro atoms. The van der Waals surface area contributed by atoms with Crippen molar-refractivity contribution in [1.29, 1.82) is 0 Å². The maximum atomic E-state index is 12.8. The van der Waals surface area contributed by atoms with Crippen LogP contribution in [0.2, 0.25) is 0 Å². The van der Waals surface area contributed by atoms with Crippen LogP contribution in [-0.2, 0) is 11.2 Å². The number of rotatable bonds is 5. The molecule has 1 aliphatic heterocycles. The van der Waals surface area contributed by atoms with Gasteiger partial charge in [-0.05, 0) is 49.6 Å². The first-order valence-corrected chi connectivity index (χ1v) is 9.81. The molecular weight excluding hydrogens is 370 g/mol. The summed E-state index contributed by atoms with van der Waals surface area (Å²) >= 11 is 0. The van der Waals surface area contributed by atoms with Gasteiger partial charge in [0.15, 0.2) is 0 Å². The van der Waals surface area contributed by atoms with Crippen LogP contribution in [0.25, 0.3) is 0 Å². The van der Waals surface area contributed by atoms with E-state index in [0.717, 1.165) is 25.9 Å². The molecule has 0 saturated carbocycles. The van der Waals surface area contributed by atoms with Gasteiger partial charge in [-0.15, -0.1) is 0 Å². The van der Waals surface area contributed by atoms with Crippen molar-refractivity contribution in [3.8, 4) is 0 Å². The van der Waals surface area contributed by atoms with E-state index in [1.165, 1.54) is 4.90 Å². The van der Waals surface area contributed by atoms with Crippen LogP contribution in [0.3, 0.4) is 0 Å². The van der Waals surface area contributed by atoms with Crippen LogP contribution >= 0.6 is 0 Å². The summed E-state index contributed by atoms with van der Waals surface area (Å²) in [5.41, 5.74) is 1.14. The minimum absolute atomic E-state index is 0.00809. The number of piperidine rings is 1. The van der Waals surface area contributed by atoms with Crippen LogP contribution in [0.15, 0.2) is 39.5 Å². The molecule has 1 saturated heterocycles. The molecule has 7 nitrogen and oxygen atoms in total. The molecule has 1 fully saturated rings. The van der Waals surface area contributed by atoms with Crippen molar-refractivity contribution in [2.24, 2.45) is 0 Å². The van der Waals surface area contributed by atoms with E-state index in [1.807, 2.05) is 0 Å². The number of carbonyl (C=O) groups excluding carboxylic acids is 2. The molecule has 1 aromatic carbocycles. The van der Waals surface area contributed by atoms with Crippen molar-refractivity contribution in [2.45, 2.75) is 32.1 Å². The Hall–Kier alpha value is -2.93. The number of aryl methyl sites for hydroxylation is 1. The summed E-state index contributed by atoms with van der Waals surface area (Å²) < 4.78 is 5.50. The number of benzene rings is 1. The zero-order valence-corrected chi connectivity index (χ0v) is 17.1. The van der Waals surface area contributed by atoms with Crippen molar-refractivity contribution in [3.05, 3.63) is 63.2 Å². The van der Waals surface area contributed by atoms with Crippen molar-refractivity contribution >= 4 is 17.5 Å². The largest absolute Gasteiger partial charge is 0.427 e. The fraction of sp³-hybridized carbons (Fsp3) is 0.409. The van der Waals surface area contributed by atoms with Crippen LogP contribution < -0.4 is 16.3 Å². The molecule has 154 valence electrons. The minimum Gasteiger partial charge on any atom is -0.427 e. The highest BCUT2D eigenvalue weighted by molar-refractivity contribution is 6.05. The van der Waals surface area contributed by atoms with E-state index < -0.39 is 11.5 Å². The molecule has 29 heavy (non-hydrogen) atoms. The molecule has 2 amide bonds. The first-order chi connectivity index (χ1) is 13.9. The average molecular weight is 397 g/mol. The van der Waals surface area contributed by atoms with E-state index in [9.17, 15) is 14.4 Å². The molecule has 1 aromatic heterocycles. The van der Waals surface area contributed by atoms with Crippen LogP contribution in [0.5, 0.6) is 0 Å². The fourth-order valence-electron chi connectivity index (χ4n) is 3.50. The van der Waals surface area contributed by atoms with Crippen molar-refractivity contribution in [1.82, 2.24) is 10.2 Å². The summed E-state index contributed by atoms with van der Waals surface area (Å²) in [6.45, 7) is 3.48. The van der Waals surface area contributed by atoms with E-state index in [1.54, 1.807) is 51.4 Å². The molecule has 0 aliphatic carbocycles. The van der Waals surface area contributed by atoms with Gasteiger partial charge in [-0.25, -0.2) is 4.79 Å². The maximum Gasteiger partial charge on any atom is 0.349 e. The lowest BCUT2D eigenvalue weighted by Gasteiger charge is -2.22. The molecule has 3 rings (SSSR count). The van der Waals surface area contributed by atoms with Gasteiger partial charge >= 0.3 is 5.63 Å². The van der Waals surface area contributed by atoms with Crippen LogP contribution in [-0.4, -0.2) is 43.9 Å². The topological polar surface area (TPSA) is 91.6 Å². The van der Waals surface area contributed by atoms with Gasteiger partial charge in [0.2, 0.25) is 5.91 Å². The smallest absolute Gasteiger partial charge is 0.349 e. The Morgan fingerprint density at radius 2 is 2.03 bits per heavy atom. The number of para-hydroxylation sites is 1. The molecule has 1 atom stereocenters. The van der Waals surface area contributed by atoms with Crippen LogP contribution in [0.4, 0.5) is 5.69 Å². The molecule has 1 unspecified atom stereocenters. The number of hydrogen-bond donors (Lipinski definition) is 2. The number of nitrogens with one attached hydrogen (secondary N) is 2. The summed E-state index contributed by atoms with van der Waals surface area (Å²) in [5.74, 6) is 0.153. The lowest BCUT2D eigenvalue weighted by Crippen LogP contribution is -2.30. The predicted molar refractivity (Wildman–Crippen MR) is 111 cm³/mol. The molecule has 2 N–H and O–H groups in total. The highest BCUT2D eigenvalue weighted by atomic mass is 16.4. The second-order valence-corrected chi connectivity index (χ2v) is 7.61. The Balaban J connectivity index is 1.83. The number of amides is 2. The van der Waals surface area contributed by atoms with Gasteiger partial charge in [-0.1, -0.05) is 18.2 Å². The Bertz CT molecular complexity index is 959. The van der Waals surface area contributed by atoms with Crippen LogP contribution in [0.1, 0.15) is 46.0 Å². The summed E-state index contributed by atoms with van der Waals surface area (Å²) in [6, 6.07) is 8.87. The highest BCUT2D eigenvalue weighted by Crippen LogP contribution is 2.24. The van der Waals surface area contributed by atoms with E-state index in [4.69, 9.17) is 4.42 Å². The van der Waals surface area contributed by atoms with Gasteiger partial charge in [0, 0.05) is 32.2 Å². The zero-order chi connectivity index (χ0) is 21.0. The first-order valence-electron chi connectivity index (χ1n) is 9.81. The molecule has 0 bridgehead atoms. The van der Waals surface area contributed by atoms with Crippen molar-refractivity contribution in [3.63, 3.8) is 0 Å². The van der Waals surface area contributed by atoms with Gasteiger partial charge in [0.25, 0.3) is 5.91 Å². The van der Waals surface area contributed by atoms with Gasteiger partial charge < -0.3 is 20.0 Å². The zero-order valence-electron chi connectivity index (χ0n) is 17.1. The van der Waals surface area contributed by atoms with Crippen LogP contribution in [0, 0.1) is 6.92 Å². The van der Waals surface area contributed by atoms with Crippen molar-refractivity contribution < 1.29 is 14.0 Å². The highest BCUT2D eigenvalue weighted by Gasteiger charge is 2.23. The average Bonchev–Trinajstić information content (AvgIpc) is 2.69. The standard InChI is InChI=1S/C22H27N3O4/c1-14-11-18(16-8-6-10-23-13-16)29-22(28)20(14)21(27)24-17-9-5-4-7-15(17)12-19(26)25(2)3/h4-5,7,9,11,16,23H,6,8,10,12-13H2,1-3H3,(H,24,27). The summed E-state index contributed by atoms with van der Waals surface area (Å²) in [6.07, 6.45) is 2.14. The summed E-state index contributed by atoms with van der Waals surface area (Å²) in [5, 5.41) is 6.07.